The number of pyridine rings is 1. The van der Waals surface area contributed by atoms with Gasteiger partial charge in [0.1, 0.15) is 0 Å². The molecule has 0 aromatic carbocycles. The van der Waals surface area contributed by atoms with Crippen LogP contribution in [0.15, 0.2) is 37.1 Å². The van der Waals surface area contributed by atoms with E-state index in [1.807, 2.05) is 24.7 Å². The summed E-state index contributed by atoms with van der Waals surface area (Å²) in [5.74, 6) is 0. The smallest absolute Gasteiger partial charge is 0.0953 e. The Bertz CT molecular complexity index is 411. The van der Waals surface area contributed by atoms with Gasteiger partial charge in [-0.15, -0.1) is 0 Å². The highest BCUT2D eigenvalue weighted by Crippen LogP contribution is 2.14. The molecule has 0 bridgehead atoms. The van der Waals surface area contributed by atoms with E-state index in [1.165, 1.54) is 0 Å². The Labute approximate surface area is 97.3 Å². The summed E-state index contributed by atoms with van der Waals surface area (Å²) in [6.45, 7) is 0.999. The maximum atomic E-state index is 4.35. The summed E-state index contributed by atoms with van der Waals surface area (Å²) >= 11 is 3.41. The largest absolute Gasteiger partial charge is 0.337 e. The number of aryl methyl sites for hydroxylation is 1. The monoisotopic (exact) mass is 265 g/mol. The highest BCUT2D eigenvalue weighted by Gasteiger charge is 2.00. The number of halogens is 1. The lowest BCUT2D eigenvalue weighted by atomic mass is 10.2. The topological polar surface area (TPSA) is 30.7 Å². The van der Waals surface area contributed by atoms with Crippen LogP contribution in [-0.4, -0.2) is 19.9 Å². The number of hydrogen-bond acceptors (Lipinski definition) is 2. The molecule has 0 amide bonds. The van der Waals surface area contributed by atoms with E-state index >= 15 is 0 Å². The van der Waals surface area contributed by atoms with Gasteiger partial charge in [-0.1, -0.05) is 15.9 Å². The predicted octanol–water partition coefficient (Wildman–Crippen LogP) is 2.73. The zero-order chi connectivity index (χ0) is 10.5. The van der Waals surface area contributed by atoms with E-state index < -0.39 is 0 Å². The minimum absolute atomic E-state index is 0.984. The number of aromatic nitrogens is 3. The Morgan fingerprint density at radius 1 is 1.40 bits per heavy atom. The number of rotatable bonds is 4. The first-order valence-corrected chi connectivity index (χ1v) is 6.00. The summed E-state index contributed by atoms with van der Waals surface area (Å²) in [7, 11) is 0. The van der Waals surface area contributed by atoms with Gasteiger partial charge in [-0.3, -0.25) is 4.98 Å². The second-order valence-corrected chi connectivity index (χ2v) is 4.07. The second kappa shape index (κ2) is 5.07. The minimum atomic E-state index is 0.984. The Morgan fingerprint density at radius 2 is 2.33 bits per heavy atom. The van der Waals surface area contributed by atoms with Gasteiger partial charge >= 0.3 is 0 Å². The molecule has 0 unspecified atom stereocenters. The Kier molecular flexibility index (Phi) is 3.50. The van der Waals surface area contributed by atoms with Gasteiger partial charge in [-0.25, -0.2) is 4.98 Å². The molecule has 2 aromatic rings. The van der Waals surface area contributed by atoms with Crippen molar-refractivity contribution in [1.29, 1.82) is 0 Å². The molecule has 2 heterocycles. The van der Waals surface area contributed by atoms with Crippen molar-refractivity contribution in [3.8, 4) is 11.3 Å². The highest BCUT2D eigenvalue weighted by molar-refractivity contribution is 9.09. The van der Waals surface area contributed by atoms with E-state index in [0.29, 0.717) is 0 Å². The van der Waals surface area contributed by atoms with Crippen molar-refractivity contribution in [2.24, 2.45) is 0 Å². The average molecular weight is 266 g/mol. The number of nitrogens with zero attached hydrogens (tertiary/aromatic N) is 3. The number of hydrogen-bond donors (Lipinski definition) is 0. The summed E-state index contributed by atoms with van der Waals surface area (Å²) in [4.78, 5) is 8.42. The van der Waals surface area contributed by atoms with Crippen molar-refractivity contribution < 1.29 is 0 Å². The van der Waals surface area contributed by atoms with Crippen LogP contribution in [0.1, 0.15) is 6.42 Å². The standard InChI is InChI=1S/C11H12BrN3/c12-4-2-6-15-8-11(14-9-15)10-3-1-5-13-7-10/h1,3,5,7-9H,2,4,6H2. The zero-order valence-corrected chi connectivity index (χ0v) is 9.89. The fourth-order valence-corrected chi connectivity index (χ4v) is 1.64. The molecule has 4 heteroatoms. The van der Waals surface area contributed by atoms with Crippen molar-refractivity contribution in [1.82, 2.24) is 14.5 Å². The zero-order valence-electron chi connectivity index (χ0n) is 8.31. The van der Waals surface area contributed by atoms with Crippen molar-refractivity contribution in [2.75, 3.05) is 5.33 Å². The SMILES string of the molecule is BrCCCn1cnc(-c2cccnc2)c1. The van der Waals surface area contributed by atoms with Gasteiger partial charge in [0.25, 0.3) is 0 Å². The average Bonchev–Trinajstić information content (AvgIpc) is 2.76. The molecule has 78 valence electrons. The first kappa shape index (κ1) is 10.4. The van der Waals surface area contributed by atoms with Crippen LogP contribution in [0.4, 0.5) is 0 Å². The number of alkyl halides is 1. The van der Waals surface area contributed by atoms with Crippen LogP contribution < -0.4 is 0 Å². The molecule has 0 aliphatic carbocycles. The fourth-order valence-electron chi connectivity index (χ4n) is 1.39. The summed E-state index contributed by atoms with van der Waals surface area (Å²) in [6.07, 6.45) is 8.63. The minimum Gasteiger partial charge on any atom is -0.337 e. The molecular weight excluding hydrogens is 254 g/mol. The second-order valence-electron chi connectivity index (χ2n) is 3.28. The van der Waals surface area contributed by atoms with E-state index in [0.717, 1.165) is 29.6 Å². The van der Waals surface area contributed by atoms with Gasteiger partial charge in [0, 0.05) is 36.0 Å². The van der Waals surface area contributed by atoms with Gasteiger partial charge in [-0.05, 0) is 18.6 Å². The van der Waals surface area contributed by atoms with E-state index in [1.54, 1.807) is 6.20 Å². The van der Waals surface area contributed by atoms with E-state index in [4.69, 9.17) is 0 Å². The van der Waals surface area contributed by atoms with Crippen molar-refractivity contribution in [2.45, 2.75) is 13.0 Å². The van der Waals surface area contributed by atoms with Crippen LogP contribution in [0.3, 0.4) is 0 Å². The van der Waals surface area contributed by atoms with Gasteiger partial charge in [0.2, 0.25) is 0 Å². The molecule has 0 aliphatic heterocycles. The van der Waals surface area contributed by atoms with Crippen LogP contribution >= 0.6 is 15.9 Å². The van der Waals surface area contributed by atoms with E-state index in [9.17, 15) is 0 Å². The van der Waals surface area contributed by atoms with Gasteiger partial charge in [0.15, 0.2) is 0 Å². The normalized spacial score (nSPS) is 10.5. The Balaban J connectivity index is 2.14. The molecule has 3 nitrogen and oxygen atoms in total. The lowest BCUT2D eigenvalue weighted by Gasteiger charge is -1.97. The third-order valence-electron chi connectivity index (χ3n) is 2.14. The molecule has 2 rings (SSSR count). The summed E-state index contributed by atoms with van der Waals surface area (Å²) < 4.78 is 2.10. The Hall–Kier alpha value is -1.16. The van der Waals surface area contributed by atoms with Crippen LogP contribution in [0.25, 0.3) is 11.3 Å². The fraction of sp³-hybridized carbons (Fsp3) is 0.273. The van der Waals surface area contributed by atoms with Crippen LogP contribution in [-0.2, 0) is 6.54 Å². The third kappa shape index (κ3) is 2.65. The van der Waals surface area contributed by atoms with Crippen LogP contribution in [0, 0.1) is 0 Å². The van der Waals surface area contributed by atoms with Crippen LogP contribution in [0.5, 0.6) is 0 Å². The third-order valence-corrected chi connectivity index (χ3v) is 2.70. The van der Waals surface area contributed by atoms with Gasteiger partial charge < -0.3 is 4.57 Å². The molecule has 0 aliphatic rings. The molecule has 0 atom stereocenters. The maximum absolute atomic E-state index is 4.35. The lowest BCUT2D eigenvalue weighted by Crippen LogP contribution is -1.93. The molecule has 0 saturated carbocycles. The van der Waals surface area contributed by atoms with Crippen molar-refractivity contribution in [3.05, 3.63) is 37.1 Å². The summed E-state index contributed by atoms with van der Waals surface area (Å²) in [5, 5.41) is 1.02. The highest BCUT2D eigenvalue weighted by atomic mass is 79.9. The van der Waals surface area contributed by atoms with E-state index in [-0.39, 0.29) is 0 Å². The molecule has 0 spiro atoms. The lowest BCUT2D eigenvalue weighted by molar-refractivity contribution is 0.685. The first-order valence-electron chi connectivity index (χ1n) is 4.88. The van der Waals surface area contributed by atoms with Crippen molar-refractivity contribution in [3.63, 3.8) is 0 Å². The molecule has 2 aromatic heterocycles. The molecule has 15 heavy (non-hydrogen) atoms. The predicted molar refractivity (Wildman–Crippen MR) is 63.9 cm³/mol. The summed E-state index contributed by atoms with van der Waals surface area (Å²) in [5.41, 5.74) is 2.05. The van der Waals surface area contributed by atoms with Crippen molar-refractivity contribution >= 4 is 15.9 Å². The molecular formula is C11H12BrN3. The van der Waals surface area contributed by atoms with Gasteiger partial charge in [0.05, 0.1) is 12.0 Å². The van der Waals surface area contributed by atoms with E-state index in [2.05, 4.69) is 36.7 Å². The molecule has 0 fully saturated rings. The quantitative estimate of drug-likeness (QED) is 0.796. The van der Waals surface area contributed by atoms with Crippen LogP contribution in [0.2, 0.25) is 0 Å². The molecule has 0 N–H and O–H groups in total. The number of imidazole rings is 1. The molecule has 0 radical (unpaired) electrons. The summed E-state index contributed by atoms with van der Waals surface area (Å²) in [6, 6.07) is 3.94. The molecule has 0 saturated heterocycles. The Morgan fingerprint density at radius 3 is 3.07 bits per heavy atom. The van der Waals surface area contributed by atoms with Gasteiger partial charge in [-0.2, -0.15) is 0 Å². The maximum Gasteiger partial charge on any atom is 0.0953 e. The first-order chi connectivity index (χ1) is 7.40.